The summed E-state index contributed by atoms with van der Waals surface area (Å²) in [5.74, 6) is 2.09. The van der Waals surface area contributed by atoms with Gasteiger partial charge in [0.15, 0.2) is 0 Å². The molecule has 4 rings (SSSR count). The van der Waals surface area contributed by atoms with Gasteiger partial charge in [-0.3, -0.25) is 9.80 Å². The molecule has 1 aromatic carbocycles. The Morgan fingerprint density at radius 3 is 2.33 bits per heavy atom. The number of halogens is 1. The highest BCUT2D eigenvalue weighted by atomic mass is 35.5. The summed E-state index contributed by atoms with van der Waals surface area (Å²) in [4.78, 5) is 5.38. The van der Waals surface area contributed by atoms with Crippen LogP contribution in [0.15, 0.2) is 24.3 Å². The fourth-order valence-electron chi connectivity index (χ4n) is 4.76. The average Bonchev–Trinajstić information content (AvgIpc) is 3.13. The van der Waals surface area contributed by atoms with Crippen molar-refractivity contribution >= 4 is 11.6 Å². The largest absolute Gasteiger partial charge is 0.298 e. The molecule has 2 aliphatic carbocycles. The van der Waals surface area contributed by atoms with Gasteiger partial charge in [0.25, 0.3) is 0 Å². The van der Waals surface area contributed by atoms with Crippen LogP contribution in [0.5, 0.6) is 0 Å². The Labute approximate surface area is 133 Å². The van der Waals surface area contributed by atoms with Crippen LogP contribution in [0.4, 0.5) is 0 Å². The Kier molecular flexibility index (Phi) is 3.95. The summed E-state index contributed by atoms with van der Waals surface area (Å²) in [7, 11) is 0. The number of hydrogen-bond donors (Lipinski definition) is 0. The second-order valence-corrected chi connectivity index (χ2v) is 7.62. The van der Waals surface area contributed by atoms with E-state index < -0.39 is 0 Å². The molecule has 2 saturated carbocycles. The SMILES string of the molecule is Clc1ccc(CN2CCN([C@H]3C[C@H]4CC[C@@H]3C4)CC2)cc1. The molecule has 3 fully saturated rings. The van der Waals surface area contributed by atoms with E-state index in [1.54, 1.807) is 0 Å². The van der Waals surface area contributed by atoms with E-state index in [1.165, 1.54) is 57.4 Å². The molecule has 1 saturated heterocycles. The first-order valence-corrected chi connectivity index (χ1v) is 8.86. The molecule has 0 radical (unpaired) electrons. The average molecular weight is 305 g/mol. The van der Waals surface area contributed by atoms with Gasteiger partial charge < -0.3 is 0 Å². The predicted molar refractivity (Wildman–Crippen MR) is 87.5 cm³/mol. The number of hydrogen-bond acceptors (Lipinski definition) is 2. The Bertz CT molecular complexity index is 478. The topological polar surface area (TPSA) is 6.48 Å². The molecular formula is C18H25ClN2. The Balaban J connectivity index is 1.29. The molecule has 0 spiro atoms. The van der Waals surface area contributed by atoms with Crippen LogP contribution in [0.25, 0.3) is 0 Å². The first-order chi connectivity index (χ1) is 10.3. The van der Waals surface area contributed by atoms with E-state index in [4.69, 9.17) is 11.6 Å². The van der Waals surface area contributed by atoms with E-state index >= 15 is 0 Å². The molecule has 1 aromatic rings. The molecule has 1 aliphatic heterocycles. The minimum Gasteiger partial charge on any atom is -0.298 e. The van der Waals surface area contributed by atoms with Gasteiger partial charge in [0.05, 0.1) is 0 Å². The van der Waals surface area contributed by atoms with Crippen molar-refractivity contribution in [3.8, 4) is 0 Å². The third-order valence-corrected chi connectivity index (χ3v) is 6.15. The Morgan fingerprint density at radius 1 is 0.952 bits per heavy atom. The third-order valence-electron chi connectivity index (χ3n) is 5.90. The number of benzene rings is 1. The van der Waals surface area contributed by atoms with E-state index in [2.05, 4.69) is 21.9 Å². The van der Waals surface area contributed by atoms with Crippen LogP contribution in [-0.2, 0) is 6.54 Å². The quantitative estimate of drug-likeness (QED) is 0.841. The number of piperazine rings is 1. The summed E-state index contributed by atoms with van der Waals surface area (Å²) in [6.45, 7) is 6.04. The zero-order chi connectivity index (χ0) is 14.2. The molecule has 114 valence electrons. The van der Waals surface area contributed by atoms with Gasteiger partial charge in [-0.15, -0.1) is 0 Å². The first kappa shape index (κ1) is 14.0. The molecule has 0 aromatic heterocycles. The van der Waals surface area contributed by atoms with Crippen molar-refractivity contribution in [1.82, 2.24) is 9.80 Å². The maximum absolute atomic E-state index is 5.96. The fourth-order valence-corrected chi connectivity index (χ4v) is 4.89. The molecule has 2 bridgehead atoms. The van der Waals surface area contributed by atoms with Gasteiger partial charge in [-0.25, -0.2) is 0 Å². The summed E-state index contributed by atoms with van der Waals surface area (Å²) >= 11 is 5.96. The standard InChI is InChI=1S/C18H25ClN2/c19-17-5-2-14(3-6-17)13-20-7-9-21(10-8-20)18-12-15-1-4-16(18)11-15/h2-3,5-6,15-16,18H,1,4,7-13H2/t15-,16+,18-/m0/s1. The van der Waals surface area contributed by atoms with E-state index in [-0.39, 0.29) is 0 Å². The smallest absolute Gasteiger partial charge is 0.0406 e. The van der Waals surface area contributed by atoms with Gasteiger partial charge in [-0.2, -0.15) is 0 Å². The van der Waals surface area contributed by atoms with Crippen molar-refractivity contribution in [2.45, 2.75) is 38.3 Å². The summed E-state index contributed by atoms with van der Waals surface area (Å²) < 4.78 is 0. The summed E-state index contributed by atoms with van der Waals surface area (Å²) in [6.07, 6.45) is 6.02. The maximum Gasteiger partial charge on any atom is 0.0406 e. The van der Waals surface area contributed by atoms with Crippen LogP contribution >= 0.6 is 11.6 Å². The lowest BCUT2D eigenvalue weighted by Gasteiger charge is -2.41. The van der Waals surface area contributed by atoms with Crippen molar-refractivity contribution in [1.29, 1.82) is 0 Å². The van der Waals surface area contributed by atoms with Crippen LogP contribution in [0, 0.1) is 11.8 Å². The Hall–Kier alpha value is -0.570. The molecule has 0 amide bonds. The van der Waals surface area contributed by atoms with Gasteiger partial charge in [0.1, 0.15) is 0 Å². The maximum atomic E-state index is 5.96. The normalized spacial score (nSPS) is 33.7. The summed E-state index contributed by atoms with van der Waals surface area (Å²) in [5.41, 5.74) is 1.38. The highest BCUT2D eigenvalue weighted by Gasteiger charge is 2.42. The van der Waals surface area contributed by atoms with Gasteiger partial charge in [-0.05, 0) is 48.8 Å². The highest BCUT2D eigenvalue weighted by Crippen LogP contribution is 2.46. The van der Waals surface area contributed by atoms with E-state index in [0.717, 1.165) is 29.4 Å². The summed E-state index contributed by atoms with van der Waals surface area (Å²) in [6, 6.07) is 9.24. The minimum atomic E-state index is 0.833. The first-order valence-electron chi connectivity index (χ1n) is 8.49. The summed E-state index contributed by atoms with van der Waals surface area (Å²) in [5, 5.41) is 0.833. The van der Waals surface area contributed by atoms with E-state index in [1.807, 2.05) is 12.1 Å². The van der Waals surface area contributed by atoms with Crippen LogP contribution in [-0.4, -0.2) is 42.0 Å². The lowest BCUT2D eigenvalue weighted by atomic mass is 9.93. The van der Waals surface area contributed by atoms with Crippen LogP contribution in [0.2, 0.25) is 5.02 Å². The van der Waals surface area contributed by atoms with Crippen LogP contribution < -0.4 is 0 Å². The monoisotopic (exact) mass is 304 g/mol. The molecule has 0 unspecified atom stereocenters. The van der Waals surface area contributed by atoms with Crippen LogP contribution in [0.1, 0.15) is 31.2 Å². The van der Waals surface area contributed by atoms with Gasteiger partial charge >= 0.3 is 0 Å². The van der Waals surface area contributed by atoms with Gasteiger partial charge in [0.2, 0.25) is 0 Å². The van der Waals surface area contributed by atoms with Crippen molar-refractivity contribution in [3.63, 3.8) is 0 Å². The van der Waals surface area contributed by atoms with Crippen molar-refractivity contribution < 1.29 is 0 Å². The lowest BCUT2D eigenvalue weighted by Crippen LogP contribution is -2.51. The van der Waals surface area contributed by atoms with Crippen LogP contribution in [0.3, 0.4) is 0 Å². The zero-order valence-electron chi connectivity index (χ0n) is 12.7. The molecule has 0 N–H and O–H groups in total. The zero-order valence-corrected chi connectivity index (χ0v) is 13.4. The second-order valence-electron chi connectivity index (χ2n) is 7.18. The number of rotatable bonds is 3. The lowest BCUT2D eigenvalue weighted by molar-refractivity contribution is 0.0680. The fraction of sp³-hybridized carbons (Fsp3) is 0.667. The molecule has 2 nitrogen and oxygen atoms in total. The Morgan fingerprint density at radius 2 is 1.71 bits per heavy atom. The molecule has 1 heterocycles. The molecular weight excluding hydrogens is 280 g/mol. The van der Waals surface area contributed by atoms with Gasteiger partial charge in [-0.1, -0.05) is 30.2 Å². The highest BCUT2D eigenvalue weighted by molar-refractivity contribution is 6.30. The predicted octanol–water partition coefficient (Wildman–Crippen LogP) is 3.65. The van der Waals surface area contributed by atoms with E-state index in [0.29, 0.717) is 0 Å². The molecule has 21 heavy (non-hydrogen) atoms. The van der Waals surface area contributed by atoms with Crippen molar-refractivity contribution in [3.05, 3.63) is 34.9 Å². The second kappa shape index (κ2) is 5.91. The number of fused-ring (bicyclic) bond motifs is 2. The van der Waals surface area contributed by atoms with E-state index in [9.17, 15) is 0 Å². The van der Waals surface area contributed by atoms with Crippen molar-refractivity contribution in [2.24, 2.45) is 11.8 Å². The van der Waals surface area contributed by atoms with Crippen molar-refractivity contribution in [2.75, 3.05) is 26.2 Å². The molecule has 3 aliphatic rings. The number of nitrogens with zero attached hydrogens (tertiary/aromatic N) is 2. The van der Waals surface area contributed by atoms with Gasteiger partial charge in [0, 0.05) is 43.8 Å². The minimum absolute atomic E-state index is 0.833. The molecule has 3 atom stereocenters. The molecule has 3 heteroatoms. The third kappa shape index (κ3) is 2.99.